The second kappa shape index (κ2) is 6.52. The number of hydrogen-bond donors (Lipinski definition) is 2. The van der Waals surface area contributed by atoms with Crippen molar-refractivity contribution in [1.82, 2.24) is 15.2 Å². The van der Waals surface area contributed by atoms with E-state index in [9.17, 15) is 4.79 Å². The average molecular weight is 335 g/mol. The molecule has 4 heteroatoms. The summed E-state index contributed by atoms with van der Waals surface area (Å²) in [5.74, 6) is 0.0300. The lowest BCUT2D eigenvalue weighted by atomic mass is 9.79. The Morgan fingerprint density at radius 3 is 3.16 bits per heavy atom. The van der Waals surface area contributed by atoms with Crippen LogP contribution < -0.4 is 5.32 Å². The average Bonchev–Trinajstić information content (AvgIpc) is 3.05. The van der Waals surface area contributed by atoms with Gasteiger partial charge in [0.15, 0.2) is 0 Å². The van der Waals surface area contributed by atoms with Crippen LogP contribution in [-0.2, 0) is 11.2 Å². The monoisotopic (exact) mass is 335 g/mol. The van der Waals surface area contributed by atoms with Gasteiger partial charge in [-0.1, -0.05) is 31.2 Å². The molecule has 1 aromatic carbocycles. The Balaban J connectivity index is 1.78. The summed E-state index contributed by atoms with van der Waals surface area (Å²) in [7, 11) is 0. The first-order valence-electron chi connectivity index (χ1n) is 9.16. The van der Waals surface area contributed by atoms with Crippen molar-refractivity contribution in [2.75, 3.05) is 19.6 Å². The molecule has 2 aromatic rings. The van der Waals surface area contributed by atoms with E-state index in [1.807, 2.05) is 6.08 Å². The van der Waals surface area contributed by atoms with Crippen LogP contribution in [0.3, 0.4) is 0 Å². The topological polar surface area (TPSA) is 48.1 Å². The summed E-state index contributed by atoms with van der Waals surface area (Å²) in [5, 5.41) is 4.37. The summed E-state index contributed by atoms with van der Waals surface area (Å²) >= 11 is 0. The SMILES string of the molecule is C=CCN1CC(C(=O)NCCC)C=C2c3cccc4[nH]cc(c34)CC21. The van der Waals surface area contributed by atoms with Crippen molar-refractivity contribution in [3.05, 3.63) is 54.3 Å². The molecule has 0 saturated heterocycles. The van der Waals surface area contributed by atoms with Gasteiger partial charge in [-0.3, -0.25) is 9.69 Å². The molecular weight excluding hydrogens is 310 g/mol. The maximum Gasteiger partial charge on any atom is 0.228 e. The van der Waals surface area contributed by atoms with Crippen LogP contribution >= 0.6 is 0 Å². The summed E-state index contributed by atoms with van der Waals surface area (Å²) in [5.41, 5.74) is 5.12. The molecule has 1 aliphatic carbocycles. The number of nitrogens with one attached hydrogen (secondary N) is 2. The molecule has 4 rings (SSSR count). The molecule has 2 unspecified atom stereocenters. The van der Waals surface area contributed by atoms with Gasteiger partial charge in [0.1, 0.15) is 0 Å². The van der Waals surface area contributed by atoms with E-state index in [1.54, 1.807) is 0 Å². The van der Waals surface area contributed by atoms with Crippen LogP contribution in [0.15, 0.2) is 43.1 Å². The zero-order valence-electron chi connectivity index (χ0n) is 14.7. The van der Waals surface area contributed by atoms with Gasteiger partial charge in [-0.25, -0.2) is 0 Å². The van der Waals surface area contributed by atoms with Gasteiger partial charge < -0.3 is 10.3 Å². The predicted molar refractivity (Wildman–Crippen MR) is 102 cm³/mol. The van der Waals surface area contributed by atoms with Gasteiger partial charge in [-0.2, -0.15) is 0 Å². The molecule has 2 aliphatic rings. The van der Waals surface area contributed by atoms with Crippen LogP contribution in [0.1, 0.15) is 24.5 Å². The highest BCUT2D eigenvalue weighted by molar-refractivity contribution is 5.99. The molecule has 0 saturated carbocycles. The minimum absolute atomic E-state index is 0.103. The fourth-order valence-electron chi connectivity index (χ4n) is 4.24. The fraction of sp³-hybridized carbons (Fsp3) is 0.381. The molecule has 4 nitrogen and oxygen atoms in total. The number of fused-ring (bicyclic) bond motifs is 2. The number of amides is 1. The largest absolute Gasteiger partial charge is 0.361 e. The number of nitrogens with zero attached hydrogens (tertiary/aromatic N) is 1. The highest BCUT2D eigenvalue weighted by atomic mass is 16.1. The molecule has 1 amide bonds. The molecule has 0 fully saturated rings. The molecule has 2 N–H and O–H groups in total. The van der Waals surface area contributed by atoms with E-state index in [0.29, 0.717) is 6.04 Å². The summed E-state index contributed by atoms with van der Waals surface area (Å²) in [4.78, 5) is 18.4. The Labute approximate surface area is 148 Å². The lowest BCUT2D eigenvalue weighted by molar-refractivity contribution is -0.124. The molecule has 0 spiro atoms. The van der Waals surface area contributed by atoms with Gasteiger partial charge in [-0.15, -0.1) is 6.58 Å². The third-order valence-electron chi connectivity index (χ3n) is 5.37. The van der Waals surface area contributed by atoms with Crippen molar-refractivity contribution in [2.24, 2.45) is 5.92 Å². The molecule has 130 valence electrons. The number of H-pyrrole nitrogens is 1. The molecule has 2 heterocycles. The maximum atomic E-state index is 12.6. The number of hydrogen-bond acceptors (Lipinski definition) is 2. The second-order valence-corrected chi connectivity index (χ2v) is 7.02. The molecule has 2 atom stereocenters. The van der Waals surface area contributed by atoms with E-state index in [2.05, 4.69) is 59.2 Å². The summed E-state index contributed by atoms with van der Waals surface area (Å²) in [6.07, 6.45) is 8.23. The minimum Gasteiger partial charge on any atom is -0.361 e. The van der Waals surface area contributed by atoms with Crippen LogP contribution in [-0.4, -0.2) is 41.5 Å². The van der Waals surface area contributed by atoms with Gasteiger partial charge in [-0.05, 0) is 35.6 Å². The lowest BCUT2D eigenvalue weighted by Crippen LogP contribution is -2.48. The van der Waals surface area contributed by atoms with E-state index in [0.717, 1.165) is 32.5 Å². The van der Waals surface area contributed by atoms with Crippen molar-refractivity contribution >= 4 is 22.4 Å². The second-order valence-electron chi connectivity index (χ2n) is 7.02. The Hall–Kier alpha value is -2.33. The zero-order valence-corrected chi connectivity index (χ0v) is 14.7. The number of benzene rings is 1. The van der Waals surface area contributed by atoms with E-state index in [4.69, 9.17) is 0 Å². The summed E-state index contributed by atoms with van der Waals surface area (Å²) < 4.78 is 0. The fourth-order valence-corrected chi connectivity index (χ4v) is 4.24. The van der Waals surface area contributed by atoms with Crippen molar-refractivity contribution in [2.45, 2.75) is 25.8 Å². The lowest BCUT2D eigenvalue weighted by Gasteiger charge is -2.41. The Kier molecular flexibility index (Phi) is 4.22. The van der Waals surface area contributed by atoms with Crippen molar-refractivity contribution in [3.8, 4) is 0 Å². The molecular formula is C21H25N3O. The van der Waals surface area contributed by atoms with Crippen molar-refractivity contribution < 1.29 is 4.79 Å². The quantitative estimate of drug-likeness (QED) is 0.825. The van der Waals surface area contributed by atoms with Crippen LogP contribution in [0.5, 0.6) is 0 Å². The summed E-state index contributed by atoms with van der Waals surface area (Å²) in [6, 6.07) is 6.73. The van der Waals surface area contributed by atoms with Gasteiger partial charge in [0.2, 0.25) is 5.91 Å². The van der Waals surface area contributed by atoms with Gasteiger partial charge in [0, 0.05) is 42.8 Å². The van der Waals surface area contributed by atoms with E-state index >= 15 is 0 Å². The molecule has 25 heavy (non-hydrogen) atoms. The first kappa shape index (κ1) is 16.2. The Morgan fingerprint density at radius 2 is 2.36 bits per heavy atom. The standard InChI is InChI=1S/C21H25N3O/c1-3-8-22-21(25)15-10-17-16-6-5-7-18-20(16)14(12-23-18)11-19(17)24(13-15)9-4-2/h4-7,10,12,15,19,23H,2-3,8-9,11,13H2,1H3,(H,22,25). The number of rotatable bonds is 5. The third kappa shape index (κ3) is 2.71. The number of aromatic amines is 1. The van der Waals surface area contributed by atoms with E-state index in [-0.39, 0.29) is 11.8 Å². The Morgan fingerprint density at radius 1 is 1.48 bits per heavy atom. The normalized spacial score (nSPS) is 22.4. The van der Waals surface area contributed by atoms with E-state index in [1.165, 1.54) is 27.6 Å². The smallest absolute Gasteiger partial charge is 0.228 e. The van der Waals surface area contributed by atoms with Crippen molar-refractivity contribution in [3.63, 3.8) is 0 Å². The van der Waals surface area contributed by atoms with Crippen LogP contribution in [0.4, 0.5) is 0 Å². The van der Waals surface area contributed by atoms with Crippen LogP contribution in [0, 0.1) is 5.92 Å². The van der Waals surface area contributed by atoms with Crippen LogP contribution in [0.2, 0.25) is 0 Å². The Bertz CT molecular complexity index is 848. The number of carbonyl (C=O) groups excluding carboxylic acids is 1. The molecule has 0 radical (unpaired) electrons. The van der Waals surface area contributed by atoms with Gasteiger partial charge in [0.05, 0.1) is 5.92 Å². The zero-order chi connectivity index (χ0) is 17.4. The number of carbonyl (C=O) groups is 1. The first-order chi connectivity index (χ1) is 12.2. The van der Waals surface area contributed by atoms with Crippen LogP contribution in [0.25, 0.3) is 16.5 Å². The molecule has 1 aromatic heterocycles. The van der Waals surface area contributed by atoms with E-state index < -0.39 is 0 Å². The predicted octanol–water partition coefficient (Wildman–Crippen LogP) is 3.12. The highest BCUT2D eigenvalue weighted by Crippen LogP contribution is 2.41. The van der Waals surface area contributed by atoms with Crippen molar-refractivity contribution in [1.29, 1.82) is 0 Å². The maximum absolute atomic E-state index is 12.6. The number of aromatic nitrogens is 1. The summed E-state index contributed by atoms with van der Waals surface area (Å²) in [6.45, 7) is 8.29. The van der Waals surface area contributed by atoms with Gasteiger partial charge in [0.25, 0.3) is 0 Å². The minimum atomic E-state index is -0.103. The first-order valence-corrected chi connectivity index (χ1v) is 9.16. The van der Waals surface area contributed by atoms with Gasteiger partial charge >= 0.3 is 0 Å². The third-order valence-corrected chi connectivity index (χ3v) is 5.37. The molecule has 1 aliphatic heterocycles. The molecule has 0 bridgehead atoms. The highest BCUT2D eigenvalue weighted by Gasteiger charge is 2.36.